The standard InChI is InChI=1S/C19H29F3N2/c1-18(2,3)24-13-10-17(11-14-24)23(15-19(20,21)22)12-9-16-7-5-4-6-8-16/h4-8,17H,9-15H2,1-3H3. The first-order chi connectivity index (χ1) is 11.1. The average molecular weight is 342 g/mol. The van der Waals surface area contributed by atoms with Gasteiger partial charge in [-0.1, -0.05) is 30.3 Å². The molecule has 136 valence electrons. The number of alkyl halides is 3. The average Bonchev–Trinajstić information content (AvgIpc) is 2.51. The van der Waals surface area contributed by atoms with Crippen molar-refractivity contribution in [2.45, 2.75) is 57.8 Å². The summed E-state index contributed by atoms with van der Waals surface area (Å²) in [7, 11) is 0. The third-order valence-electron chi connectivity index (χ3n) is 4.84. The van der Waals surface area contributed by atoms with Crippen molar-refractivity contribution in [2.24, 2.45) is 0 Å². The van der Waals surface area contributed by atoms with E-state index in [1.165, 1.54) is 0 Å². The van der Waals surface area contributed by atoms with Crippen LogP contribution in [0.1, 0.15) is 39.2 Å². The quantitative estimate of drug-likeness (QED) is 0.785. The Bertz CT molecular complexity index is 486. The lowest BCUT2D eigenvalue weighted by molar-refractivity contribution is -0.153. The fourth-order valence-electron chi connectivity index (χ4n) is 3.44. The van der Waals surface area contributed by atoms with Crippen molar-refractivity contribution in [1.82, 2.24) is 9.80 Å². The van der Waals surface area contributed by atoms with E-state index in [0.717, 1.165) is 31.5 Å². The molecule has 1 heterocycles. The first-order valence-corrected chi connectivity index (χ1v) is 8.75. The molecule has 0 bridgehead atoms. The smallest absolute Gasteiger partial charge is 0.298 e. The van der Waals surface area contributed by atoms with Crippen molar-refractivity contribution in [2.75, 3.05) is 26.2 Å². The first-order valence-electron chi connectivity index (χ1n) is 8.75. The first kappa shape index (κ1) is 19.3. The van der Waals surface area contributed by atoms with Gasteiger partial charge in [-0.05, 0) is 45.6 Å². The highest BCUT2D eigenvalue weighted by Gasteiger charge is 2.36. The molecular weight excluding hydrogens is 313 g/mol. The molecule has 24 heavy (non-hydrogen) atoms. The maximum Gasteiger partial charge on any atom is 0.401 e. The van der Waals surface area contributed by atoms with Crippen LogP contribution in [0.25, 0.3) is 0 Å². The SMILES string of the molecule is CC(C)(C)N1CCC(N(CCc2ccccc2)CC(F)(F)F)CC1. The van der Waals surface area contributed by atoms with Crippen molar-refractivity contribution < 1.29 is 13.2 Å². The summed E-state index contributed by atoms with van der Waals surface area (Å²) < 4.78 is 39.0. The Kier molecular flexibility index (Phi) is 6.32. The summed E-state index contributed by atoms with van der Waals surface area (Å²) in [6.45, 7) is 7.88. The van der Waals surface area contributed by atoms with Crippen LogP contribution in [-0.4, -0.2) is 53.7 Å². The van der Waals surface area contributed by atoms with E-state index in [9.17, 15) is 13.2 Å². The van der Waals surface area contributed by atoms with Gasteiger partial charge in [-0.3, -0.25) is 9.80 Å². The summed E-state index contributed by atoms with van der Waals surface area (Å²) in [6.07, 6.45) is -1.86. The van der Waals surface area contributed by atoms with Gasteiger partial charge in [0.2, 0.25) is 0 Å². The molecule has 5 heteroatoms. The zero-order valence-corrected chi connectivity index (χ0v) is 14.9. The summed E-state index contributed by atoms with van der Waals surface area (Å²) in [5.74, 6) is 0. The minimum atomic E-state index is -4.14. The fourth-order valence-corrected chi connectivity index (χ4v) is 3.44. The monoisotopic (exact) mass is 342 g/mol. The lowest BCUT2D eigenvalue weighted by Gasteiger charge is -2.44. The van der Waals surface area contributed by atoms with Gasteiger partial charge in [-0.2, -0.15) is 13.2 Å². The Balaban J connectivity index is 1.96. The van der Waals surface area contributed by atoms with Crippen LogP contribution in [0.4, 0.5) is 13.2 Å². The maximum atomic E-state index is 13.0. The summed E-state index contributed by atoms with van der Waals surface area (Å²) in [5, 5.41) is 0. The molecule has 0 atom stereocenters. The highest BCUT2D eigenvalue weighted by Crippen LogP contribution is 2.26. The largest absolute Gasteiger partial charge is 0.401 e. The van der Waals surface area contributed by atoms with E-state index in [1.807, 2.05) is 30.3 Å². The Morgan fingerprint density at radius 3 is 2.12 bits per heavy atom. The minimum absolute atomic E-state index is 0.0222. The molecule has 2 rings (SSSR count). The van der Waals surface area contributed by atoms with Gasteiger partial charge in [0, 0.05) is 31.2 Å². The van der Waals surface area contributed by atoms with Crippen molar-refractivity contribution in [1.29, 1.82) is 0 Å². The van der Waals surface area contributed by atoms with Crippen LogP contribution in [0.15, 0.2) is 30.3 Å². The summed E-state index contributed by atoms with van der Waals surface area (Å²) in [6, 6.07) is 9.78. The predicted molar refractivity (Wildman–Crippen MR) is 92.1 cm³/mol. The second kappa shape index (κ2) is 7.87. The summed E-state index contributed by atoms with van der Waals surface area (Å²) >= 11 is 0. The Morgan fingerprint density at radius 2 is 1.62 bits per heavy atom. The second-order valence-corrected chi connectivity index (χ2v) is 7.71. The Morgan fingerprint density at radius 1 is 1.04 bits per heavy atom. The van der Waals surface area contributed by atoms with Crippen LogP contribution < -0.4 is 0 Å². The van der Waals surface area contributed by atoms with Crippen molar-refractivity contribution in [3.8, 4) is 0 Å². The number of hydrogen-bond acceptors (Lipinski definition) is 2. The molecule has 1 fully saturated rings. The van der Waals surface area contributed by atoms with Gasteiger partial charge < -0.3 is 0 Å². The van der Waals surface area contributed by atoms with E-state index < -0.39 is 12.7 Å². The normalized spacial score (nSPS) is 18.3. The number of likely N-dealkylation sites (tertiary alicyclic amines) is 1. The highest BCUT2D eigenvalue weighted by atomic mass is 19.4. The molecule has 1 aromatic carbocycles. The number of halogens is 3. The van der Waals surface area contributed by atoms with Crippen molar-refractivity contribution in [3.63, 3.8) is 0 Å². The van der Waals surface area contributed by atoms with Crippen molar-refractivity contribution in [3.05, 3.63) is 35.9 Å². The molecule has 0 amide bonds. The Hall–Kier alpha value is -1.07. The van der Waals surface area contributed by atoms with Crippen LogP contribution in [-0.2, 0) is 6.42 Å². The minimum Gasteiger partial charge on any atom is -0.298 e. The molecular formula is C19H29F3N2. The van der Waals surface area contributed by atoms with Gasteiger partial charge in [-0.15, -0.1) is 0 Å². The van der Waals surface area contributed by atoms with E-state index in [2.05, 4.69) is 25.7 Å². The molecule has 0 unspecified atom stereocenters. The molecule has 0 radical (unpaired) electrons. The lowest BCUT2D eigenvalue weighted by Crippen LogP contribution is -2.52. The number of piperidine rings is 1. The van der Waals surface area contributed by atoms with E-state index in [0.29, 0.717) is 13.0 Å². The molecule has 0 aromatic heterocycles. The van der Waals surface area contributed by atoms with E-state index in [-0.39, 0.29) is 11.6 Å². The zero-order chi connectivity index (χ0) is 17.8. The molecule has 1 aliphatic heterocycles. The predicted octanol–water partition coefficient (Wildman–Crippen LogP) is 4.36. The number of benzene rings is 1. The second-order valence-electron chi connectivity index (χ2n) is 7.71. The third-order valence-corrected chi connectivity index (χ3v) is 4.84. The van der Waals surface area contributed by atoms with E-state index in [1.54, 1.807) is 4.90 Å². The van der Waals surface area contributed by atoms with Crippen LogP contribution >= 0.6 is 0 Å². The van der Waals surface area contributed by atoms with E-state index >= 15 is 0 Å². The summed E-state index contributed by atoms with van der Waals surface area (Å²) in [4.78, 5) is 4.01. The number of rotatable bonds is 5. The Labute approximate surface area is 143 Å². The lowest BCUT2D eigenvalue weighted by atomic mass is 9.96. The van der Waals surface area contributed by atoms with Crippen LogP contribution in [0.3, 0.4) is 0 Å². The fraction of sp³-hybridized carbons (Fsp3) is 0.684. The maximum absolute atomic E-state index is 13.0. The van der Waals surface area contributed by atoms with Crippen molar-refractivity contribution >= 4 is 0 Å². The molecule has 1 aliphatic rings. The van der Waals surface area contributed by atoms with Gasteiger partial charge in [0.25, 0.3) is 0 Å². The molecule has 0 aliphatic carbocycles. The van der Waals surface area contributed by atoms with Gasteiger partial charge in [-0.25, -0.2) is 0 Å². The van der Waals surface area contributed by atoms with Gasteiger partial charge >= 0.3 is 6.18 Å². The van der Waals surface area contributed by atoms with Crippen LogP contribution in [0.5, 0.6) is 0 Å². The topological polar surface area (TPSA) is 6.48 Å². The summed E-state index contributed by atoms with van der Waals surface area (Å²) in [5.41, 5.74) is 1.18. The van der Waals surface area contributed by atoms with Crippen LogP contribution in [0.2, 0.25) is 0 Å². The molecule has 2 nitrogen and oxygen atoms in total. The van der Waals surface area contributed by atoms with Gasteiger partial charge in [0.05, 0.1) is 6.54 Å². The highest BCUT2D eigenvalue weighted by molar-refractivity contribution is 5.15. The van der Waals surface area contributed by atoms with E-state index in [4.69, 9.17) is 0 Å². The zero-order valence-electron chi connectivity index (χ0n) is 14.9. The van der Waals surface area contributed by atoms with Crippen LogP contribution in [0, 0.1) is 0 Å². The molecule has 0 saturated carbocycles. The third kappa shape index (κ3) is 6.10. The number of nitrogens with zero attached hydrogens (tertiary/aromatic N) is 2. The van der Waals surface area contributed by atoms with Gasteiger partial charge in [0.1, 0.15) is 0 Å². The molecule has 1 saturated heterocycles. The molecule has 1 aromatic rings. The van der Waals surface area contributed by atoms with Gasteiger partial charge in [0.15, 0.2) is 0 Å². The molecule has 0 N–H and O–H groups in total. The molecule has 0 spiro atoms. The number of hydrogen-bond donors (Lipinski definition) is 0.